The smallest absolute Gasteiger partial charge is 0.339 e. The van der Waals surface area contributed by atoms with Gasteiger partial charge in [-0.25, -0.2) is 10.0 Å². The highest BCUT2D eigenvalue weighted by atomic mass is 15.1. The molecule has 7 nitrogen and oxygen atoms in total. The molecule has 0 amide bonds. The Labute approximate surface area is 176 Å². The molecule has 3 aromatic rings. The van der Waals surface area contributed by atoms with Crippen molar-refractivity contribution in [2.45, 2.75) is 20.8 Å². The molecule has 0 saturated heterocycles. The maximum Gasteiger partial charge on any atom is 0.459 e. The third-order valence-corrected chi connectivity index (χ3v) is 4.45. The van der Waals surface area contributed by atoms with E-state index in [0.29, 0.717) is 28.5 Å². The molecule has 30 heavy (non-hydrogen) atoms. The van der Waals surface area contributed by atoms with Crippen LogP contribution >= 0.6 is 0 Å². The number of nitrogens with zero attached hydrogens (tertiary/aromatic N) is 5. The molecule has 0 spiro atoms. The molecule has 0 atom stereocenters. The Kier molecular flexibility index (Phi) is 6.55. The van der Waals surface area contributed by atoms with E-state index in [4.69, 9.17) is 0 Å². The number of aromatic nitrogens is 1. The van der Waals surface area contributed by atoms with Crippen LogP contribution in [0.15, 0.2) is 63.6 Å². The highest BCUT2D eigenvalue weighted by Crippen LogP contribution is 2.36. The van der Waals surface area contributed by atoms with E-state index in [-0.39, 0.29) is 0 Å². The summed E-state index contributed by atoms with van der Waals surface area (Å²) in [5.41, 5.74) is 5.49. The highest BCUT2D eigenvalue weighted by molar-refractivity contribution is 6.31. The van der Waals surface area contributed by atoms with Gasteiger partial charge in [0.1, 0.15) is 11.8 Å². The van der Waals surface area contributed by atoms with E-state index in [2.05, 4.69) is 43.4 Å². The topological polar surface area (TPSA) is 97.8 Å². The second-order valence-corrected chi connectivity index (χ2v) is 6.76. The molecule has 1 radical (unpaired) electrons. The molecule has 0 unspecified atom stereocenters. The maximum absolute atomic E-state index is 9.77. The lowest BCUT2D eigenvalue weighted by atomic mass is 10.1. The molecule has 2 N–H and O–H groups in total. The summed E-state index contributed by atoms with van der Waals surface area (Å²) in [5.74, 6) is 0.921. The normalized spacial score (nSPS) is 10.5. The van der Waals surface area contributed by atoms with Gasteiger partial charge in [0.15, 0.2) is 11.6 Å². The summed E-state index contributed by atoms with van der Waals surface area (Å²) in [5, 5.41) is 24.4. The number of aryl methyl sites for hydroxylation is 2. The molecule has 147 valence electrons. The van der Waals surface area contributed by atoms with Crippen molar-refractivity contribution in [3.63, 3.8) is 0 Å². The lowest BCUT2D eigenvalue weighted by Crippen LogP contribution is -2.04. The average molecular weight is 394 g/mol. The Bertz CT molecular complexity index is 1110. The van der Waals surface area contributed by atoms with Crippen LogP contribution in [0.4, 0.5) is 28.7 Å². The van der Waals surface area contributed by atoms with Gasteiger partial charge in [-0.1, -0.05) is 35.4 Å². The van der Waals surface area contributed by atoms with Crippen molar-refractivity contribution in [3.8, 4) is 6.07 Å². The number of rotatable bonds is 7. The van der Waals surface area contributed by atoms with Crippen LogP contribution in [0.3, 0.4) is 0 Å². The number of nitriles is 1. The number of nitrogens with one attached hydrogen (secondary N) is 2. The van der Waals surface area contributed by atoms with Crippen molar-refractivity contribution >= 4 is 43.0 Å². The molecule has 0 aliphatic carbocycles. The Morgan fingerprint density at radius 1 is 0.900 bits per heavy atom. The summed E-state index contributed by atoms with van der Waals surface area (Å²) in [6.07, 6.45) is 0. The van der Waals surface area contributed by atoms with Gasteiger partial charge in [0.2, 0.25) is 0 Å². The predicted molar refractivity (Wildman–Crippen MR) is 122 cm³/mol. The molecule has 0 fully saturated rings. The minimum Gasteiger partial charge on any atom is -0.339 e. The molecule has 1 heterocycles. The molecule has 2 aromatic carbocycles. The van der Waals surface area contributed by atoms with Gasteiger partial charge in [0.05, 0.1) is 5.56 Å². The number of pyridine rings is 1. The first-order chi connectivity index (χ1) is 14.5. The van der Waals surface area contributed by atoms with Crippen molar-refractivity contribution in [2.24, 2.45) is 15.0 Å². The van der Waals surface area contributed by atoms with Gasteiger partial charge in [-0.05, 0) is 51.8 Å². The molecule has 0 aliphatic heterocycles. The standard InChI is InChI=1S/C22H21BN7/c1-14-5-9-17(10-6-14)26-21-19(13-24)16(3)20(29-30-23-25-4)22(28-21)27-18-11-7-15(2)8-12-18/h5-12H,4H2,1-3H3,(H2,26,27,28). The van der Waals surface area contributed by atoms with Gasteiger partial charge in [-0.2, -0.15) is 10.4 Å². The largest absolute Gasteiger partial charge is 0.459 e. The van der Waals surface area contributed by atoms with Crippen molar-refractivity contribution in [2.75, 3.05) is 10.6 Å². The van der Waals surface area contributed by atoms with Crippen molar-refractivity contribution < 1.29 is 0 Å². The lowest BCUT2D eigenvalue weighted by molar-refractivity contribution is 1.18. The van der Waals surface area contributed by atoms with E-state index in [0.717, 1.165) is 22.5 Å². The first-order valence-electron chi connectivity index (χ1n) is 9.32. The summed E-state index contributed by atoms with van der Waals surface area (Å²) < 4.78 is 0. The quantitative estimate of drug-likeness (QED) is 0.306. The molecule has 0 saturated carbocycles. The van der Waals surface area contributed by atoms with Crippen LogP contribution < -0.4 is 10.6 Å². The second-order valence-electron chi connectivity index (χ2n) is 6.76. The van der Waals surface area contributed by atoms with Gasteiger partial charge in [0.25, 0.3) is 0 Å². The van der Waals surface area contributed by atoms with Crippen LogP contribution in [0.25, 0.3) is 0 Å². The molecule has 1 aromatic heterocycles. The average Bonchev–Trinajstić information content (AvgIpc) is 2.74. The van der Waals surface area contributed by atoms with E-state index in [1.54, 1.807) is 0 Å². The van der Waals surface area contributed by atoms with E-state index in [9.17, 15) is 5.26 Å². The van der Waals surface area contributed by atoms with Crippen LogP contribution in [0.1, 0.15) is 22.3 Å². The maximum atomic E-state index is 9.77. The van der Waals surface area contributed by atoms with Crippen LogP contribution in [-0.2, 0) is 0 Å². The number of hydrogen-bond acceptors (Lipinski definition) is 7. The Morgan fingerprint density at radius 3 is 1.93 bits per heavy atom. The van der Waals surface area contributed by atoms with Crippen LogP contribution in [0.2, 0.25) is 0 Å². The third kappa shape index (κ3) is 4.89. The van der Waals surface area contributed by atoms with E-state index in [1.165, 1.54) is 7.55 Å². The minimum atomic E-state index is 0.394. The molecular formula is C22H21BN7. The van der Waals surface area contributed by atoms with Crippen LogP contribution in [0.5, 0.6) is 0 Å². The molecule has 8 heteroatoms. The number of benzene rings is 2. The van der Waals surface area contributed by atoms with Crippen molar-refractivity contribution in [1.29, 1.82) is 5.26 Å². The first kappa shape index (κ1) is 20.7. The summed E-state index contributed by atoms with van der Waals surface area (Å²) in [6.45, 7) is 9.22. The van der Waals surface area contributed by atoms with Crippen molar-refractivity contribution in [1.82, 2.24) is 4.98 Å². The third-order valence-electron chi connectivity index (χ3n) is 4.45. The molecule has 0 aliphatic rings. The first-order valence-corrected chi connectivity index (χ1v) is 9.32. The summed E-state index contributed by atoms with van der Waals surface area (Å²) in [7, 11) is 1.24. The Balaban J connectivity index is 2.09. The fourth-order valence-corrected chi connectivity index (χ4v) is 2.80. The Hall–Kier alpha value is -3.99. The van der Waals surface area contributed by atoms with Gasteiger partial charge >= 0.3 is 7.55 Å². The SMILES string of the molecule is C=N[B]N=Nc1c(Nc2ccc(C)cc2)nc(Nc2ccc(C)cc2)c(C#N)c1C. The van der Waals surface area contributed by atoms with E-state index < -0.39 is 0 Å². The fraction of sp³-hybridized carbons (Fsp3) is 0.136. The van der Waals surface area contributed by atoms with E-state index in [1.807, 2.05) is 69.3 Å². The molecule has 0 bridgehead atoms. The zero-order chi connectivity index (χ0) is 21.5. The van der Waals surface area contributed by atoms with Gasteiger partial charge in [-0.15, -0.1) is 0 Å². The van der Waals surface area contributed by atoms with E-state index >= 15 is 0 Å². The minimum absolute atomic E-state index is 0.394. The second kappa shape index (κ2) is 9.48. The lowest BCUT2D eigenvalue weighted by Gasteiger charge is -2.16. The highest BCUT2D eigenvalue weighted by Gasteiger charge is 2.18. The van der Waals surface area contributed by atoms with Crippen LogP contribution in [-0.4, -0.2) is 19.3 Å². The summed E-state index contributed by atoms with van der Waals surface area (Å²) in [4.78, 5) is 8.23. The summed E-state index contributed by atoms with van der Waals surface area (Å²) in [6, 6.07) is 18.0. The number of hydrogen-bond donors (Lipinski definition) is 2. The van der Waals surface area contributed by atoms with Crippen LogP contribution in [0, 0.1) is 32.1 Å². The molecular weight excluding hydrogens is 373 g/mol. The monoisotopic (exact) mass is 394 g/mol. The van der Waals surface area contributed by atoms with Gasteiger partial charge in [0, 0.05) is 16.9 Å². The fourth-order valence-electron chi connectivity index (χ4n) is 2.80. The predicted octanol–water partition coefficient (Wildman–Crippen LogP) is 5.68. The van der Waals surface area contributed by atoms with Gasteiger partial charge < -0.3 is 15.5 Å². The number of anilines is 4. The van der Waals surface area contributed by atoms with Gasteiger partial charge in [-0.3, -0.25) is 0 Å². The zero-order valence-electron chi connectivity index (χ0n) is 17.1. The Morgan fingerprint density at radius 2 is 1.43 bits per heavy atom. The summed E-state index contributed by atoms with van der Waals surface area (Å²) >= 11 is 0. The zero-order valence-corrected chi connectivity index (χ0v) is 17.1. The molecule has 3 rings (SSSR count). The van der Waals surface area contributed by atoms with Crippen molar-refractivity contribution in [3.05, 3.63) is 70.8 Å².